The van der Waals surface area contributed by atoms with E-state index in [0.29, 0.717) is 6.07 Å². The minimum Gasteiger partial charge on any atom is -0.459 e. The Morgan fingerprint density at radius 1 is 1.41 bits per heavy atom. The van der Waals surface area contributed by atoms with Gasteiger partial charge in [-0.25, -0.2) is 13.6 Å². The molecule has 0 fully saturated rings. The van der Waals surface area contributed by atoms with Gasteiger partial charge in [0.15, 0.2) is 11.6 Å². The van der Waals surface area contributed by atoms with Crippen molar-refractivity contribution in [1.82, 2.24) is 0 Å². The van der Waals surface area contributed by atoms with Gasteiger partial charge in [-0.3, -0.25) is 0 Å². The van der Waals surface area contributed by atoms with E-state index in [-0.39, 0.29) is 24.0 Å². The third-order valence-corrected chi connectivity index (χ3v) is 2.16. The largest absolute Gasteiger partial charge is 0.459 e. The van der Waals surface area contributed by atoms with Crippen LogP contribution in [-0.4, -0.2) is 25.8 Å². The number of hydrogen-bond acceptors (Lipinski definition) is 4. The maximum atomic E-state index is 12.9. The second kappa shape index (κ2) is 5.58. The predicted molar refractivity (Wildman–Crippen MR) is 57.5 cm³/mol. The lowest BCUT2D eigenvalue weighted by molar-refractivity contribution is 0.0169. The van der Waals surface area contributed by atoms with Gasteiger partial charge in [0.1, 0.15) is 6.61 Å². The summed E-state index contributed by atoms with van der Waals surface area (Å²) in [5.41, 5.74) is 5.02. The lowest BCUT2D eigenvalue weighted by Crippen LogP contribution is -2.18. The first-order valence-corrected chi connectivity index (χ1v) is 4.90. The number of carbonyl (C=O) groups excluding carboxylic acids is 1. The van der Waals surface area contributed by atoms with E-state index in [1.807, 2.05) is 0 Å². The van der Waals surface area contributed by atoms with Crippen LogP contribution in [0.1, 0.15) is 17.3 Å². The van der Waals surface area contributed by atoms with Crippen molar-refractivity contribution in [2.24, 2.45) is 0 Å². The molecule has 1 atom stereocenters. The lowest BCUT2D eigenvalue weighted by atomic mass is 10.1. The molecule has 2 N–H and O–H groups in total. The highest BCUT2D eigenvalue weighted by Crippen LogP contribution is 2.18. The molecule has 0 amide bonds. The van der Waals surface area contributed by atoms with Crippen molar-refractivity contribution >= 4 is 11.7 Å². The quantitative estimate of drug-likeness (QED) is 0.648. The van der Waals surface area contributed by atoms with E-state index in [0.717, 1.165) is 6.07 Å². The highest BCUT2D eigenvalue weighted by molar-refractivity contribution is 5.95. The van der Waals surface area contributed by atoms with Crippen molar-refractivity contribution in [3.05, 3.63) is 29.3 Å². The number of hydrogen-bond donors (Lipinski definition) is 1. The van der Waals surface area contributed by atoms with Crippen LogP contribution in [0, 0.1) is 11.6 Å². The number of methoxy groups -OCH3 is 1. The van der Waals surface area contributed by atoms with Crippen molar-refractivity contribution in [2.75, 3.05) is 19.5 Å². The topological polar surface area (TPSA) is 61.5 Å². The zero-order valence-corrected chi connectivity index (χ0v) is 9.50. The molecule has 0 heterocycles. The molecular formula is C11H13F2NO3. The summed E-state index contributed by atoms with van der Waals surface area (Å²) in [6.07, 6.45) is -0.287. The number of carbonyl (C=O) groups is 1. The highest BCUT2D eigenvalue weighted by Gasteiger charge is 2.16. The van der Waals surface area contributed by atoms with E-state index in [1.165, 1.54) is 7.11 Å². The molecule has 1 aromatic carbocycles. The average molecular weight is 245 g/mol. The maximum Gasteiger partial charge on any atom is 0.340 e. The zero-order chi connectivity index (χ0) is 13.0. The summed E-state index contributed by atoms with van der Waals surface area (Å²) in [6.45, 7) is 1.70. The van der Waals surface area contributed by atoms with E-state index in [2.05, 4.69) is 0 Å². The van der Waals surface area contributed by atoms with Gasteiger partial charge < -0.3 is 15.2 Å². The molecular weight excluding hydrogens is 232 g/mol. The first-order valence-electron chi connectivity index (χ1n) is 4.90. The molecule has 94 valence electrons. The van der Waals surface area contributed by atoms with Gasteiger partial charge in [0.25, 0.3) is 0 Å². The second-order valence-corrected chi connectivity index (χ2v) is 3.50. The fourth-order valence-corrected chi connectivity index (χ4v) is 1.08. The summed E-state index contributed by atoms with van der Waals surface area (Å²) in [5.74, 6) is -3.07. The molecule has 0 aromatic heterocycles. The maximum absolute atomic E-state index is 12.9. The summed E-state index contributed by atoms with van der Waals surface area (Å²) in [6, 6.07) is 1.45. The normalized spacial score (nSPS) is 12.2. The van der Waals surface area contributed by atoms with Gasteiger partial charge in [0.05, 0.1) is 11.7 Å². The number of nitrogen functional groups attached to an aromatic ring is 1. The van der Waals surface area contributed by atoms with Crippen molar-refractivity contribution in [1.29, 1.82) is 0 Å². The second-order valence-electron chi connectivity index (χ2n) is 3.50. The molecule has 6 heteroatoms. The molecule has 4 nitrogen and oxygen atoms in total. The van der Waals surface area contributed by atoms with Crippen LogP contribution in [0.2, 0.25) is 0 Å². The van der Waals surface area contributed by atoms with Gasteiger partial charge in [-0.15, -0.1) is 0 Å². The predicted octanol–water partition coefficient (Wildman–Crippen LogP) is 1.74. The van der Waals surface area contributed by atoms with E-state index in [1.54, 1.807) is 6.92 Å². The van der Waals surface area contributed by atoms with Crippen LogP contribution in [0.25, 0.3) is 0 Å². The summed E-state index contributed by atoms with van der Waals surface area (Å²) < 4.78 is 35.4. The number of halogens is 2. The molecule has 0 bridgehead atoms. The fourth-order valence-electron chi connectivity index (χ4n) is 1.08. The van der Waals surface area contributed by atoms with E-state index in [9.17, 15) is 13.6 Å². The van der Waals surface area contributed by atoms with Gasteiger partial charge in [-0.05, 0) is 13.0 Å². The molecule has 0 aliphatic heterocycles. The molecule has 1 rings (SSSR count). The minimum absolute atomic E-state index is 0.00771. The molecule has 1 aromatic rings. The van der Waals surface area contributed by atoms with Crippen LogP contribution >= 0.6 is 0 Å². The smallest absolute Gasteiger partial charge is 0.340 e. The Morgan fingerprint density at radius 3 is 2.59 bits per heavy atom. The summed E-state index contributed by atoms with van der Waals surface area (Å²) >= 11 is 0. The Bertz CT molecular complexity index is 423. The fraction of sp³-hybridized carbons (Fsp3) is 0.364. The van der Waals surface area contributed by atoms with E-state index in [4.69, 9.17) is 15.2 Å². The average Bonchev–Trinajstić information content (AvgIpc) is 2.30. The van der Waals surface area contributed by atoms with Gasteiger partial charge in [0, 0.05) is 18.9 Å². The third kappa shape index (κ3) is 3.39. The van der Waals surface area contributed by atoms with Gasteiger partial charge >= 0.3 is 5.97 Å². The molecule has 0 spiro atoms. The van der Waals surface area contributed by atoms with Crippen LogP contribution in [-0.2, 0) is 9.47 Å². The van der Waals surface area contributed by atoms with Crippen LogP contribution in [0.15, 0.2) is 12.1 Å². The third-order valence-electron chi connectivity index (χ3n) is 2.16. The lowest BCUT2D eigenvalue weighted by Gasteiger charge is -2.11. The number of ether oxygens (including phenoxy) is 2. The monoisotopic (exact) mass is 245 g/mol. The van der Waals surface area contributed by atoms with Crippen molar-refractivity contribution in [3.8, 4) is 0 Å². The summed E-state index contributed by atoms with van der Waals surface area (Å²) in [5, 5.41) is 0. The van der Waals surface area contributed by atoms with Crippen molar-refractivity contribution < 1.29 is 23.0 Å². The zero-order valence-electron chi connectivity index (χ0n) is 9.50. The molecule has 0 saturated heterocycles. The molecule has 1 unspecified atom stereocenters. The minimum atomic E-state index is -1.15. The van der Waals surface area contributed by atoms with Gasteiger partial charge in [0.2, 0.25) is 0 Å². The molecule has 0 radical (unpaired) electrons. The Morgan fingerprint density at radius 2 is 2.00 bits per heavy atom. The summed E-state index contributed by atoms with van der Waals surface area (Å²) in [4.78, 5) is 11.5. The SMILES string of the molecule is COC(C)COC(=O)c1cc(F)c(F)cc1N. The first kappa shape index (κ1) is 13.4. The number of esters is 1. The number of benzene rings is 1. The van der Waals surface area contributed by atoms with Crippen LogP contribution in [0.3, 0.4) is 0 Å². The number of nitrogens with two attached hydrogens (primary N) is 1. The standard InChI is InChI=1S/C11H13F2NO3/c1-6(16-2)5-17-11(15)7-3-8(12)9(13)4-10(7)14/h3-4,6H,5,14H2,1-2H3. The van der Waals surface area contributed by atoms with Gasteiger partial charge in [-0.2, -0.15) is 0 Å². The van der Waals surface area contributed by atoms with Crippen LogP contribution < -0.4 is 5.73 Å². The molecule has 0 aliphatic rings. The molecule has 0 aliphatic carbocycles. The molecule has 0 saturated carbocycles. The summed E-state index contributed by atoms with van der Waals surface area (Å²) in [7, 11) is 1.46. The Labute approximate surface area is 97.3 Å². The van der Waals surface area contributed by atoms with Crippen molar-refractivity contribution in [3.63, 3.8) is 0 Å². The number of anilines is 1. The van der Waals surface area contributed by atoms with Gasteiger partial charge in [-0.1, -0.05) is 0 Å². The Hall–Kier alpha value is -1.69. The van der Waals surface area contributed by atoms with Crippen LogP contribution in [0.4, 0.5) is 14.5 Å². The van der Waals surface area contributed by atoms with E-state index < -0.39 is 17.6 Å². The molecule has 17 heavy (non-hydrogen) atoms. The van der Waals surface area contributed by atoms with Crippen molar-refractivity contribution in [2.45, 2.75) is 13.0 Å². The Balaban J connectivity index is 2.79. The highest BCUT2D eigenvalue weighted by atomic mass is 19.2. The Kier molecular flexibility index (Phi) is 4.39. The first-order chi connectivity index (χ1) is 7.95. The van der Waals surface area contributed by atoms with E-state index >= 15 is 0 Å². The van der Waals surface area contributed by atoms with Crippen LogP contribution in [0.5, 0.6) is 0 Å². The number of rotatable bonds is 4.